The summed E-state index contributed by atoms with van der Waals surface area (Å²) in [5, 5.41) is 0. The average molecular weight is 427 g/mol. The Morgan fingerprint density at radius 1 is 0.935 bits per heavy atom. The van der Waals surface area contributed by atoms with Gasteiger partial charge < -0.3 is 0 Å². The zero-order valence-electron chi connectivity index (χ0n) is 21.2. The van der Waals surface area contributed by atoms with Crippen molar-refractivity contribution in [3.8, 4) is 0 Å². The summed E-state index contributed by atoms with van der Waals surface area (Å²) in [6.07, 6.45) is 12.6. The third-order valence-electron chi connectivity index (χ3n) is 10.8. The molecule has 0 saturated heterocycles. The first kappa shape index (κ1) is 23.2. The predicted molar refractivity (Wildman–Crippen MR) is 128 cm³/mol. The average Bonchev–Trinajstić information content (AvgIpc) is 3.04. The molecule has 0 aromatic carbocycles. The lowest BCUT2D eigenvalue weighted by Crippen LogP contribution is -2.56. The van der Waals surface area contributed by atoms with Gasteiger partial charge in [0, 0.05) is 17.8 Å². The van der Waals surface area contributed by atoms with Gasteiger partial charge in [0.1, 0.15) is 5.78 Å². The fourth-order valence-corrected chi connectivity index (χ4v) is 8.93. The number of hydrogen-bond donors (Lipinski definition) is 0. The van der Waals surface area contributed by atoms with Crippen LogP contribution in [0.5, 0.6) is 0 Å². The number of fused-ring (bicyclic) bond motifs is 5. The number of rotatable bonds is 5. The molecule has 4 aliphatic carbocycles. The number of allylic oxidation sites excluding steroid dienone is 2. The Morgan fingerprint density at radius 2 is 1.65 bits per heavy atom. The largest absolute Gasteiger partial charge is 0.299 e. The molecule has 7 atom stereocenters. The van der Waals surface area contributed by atoms with Gasteiger partial charge in [-0.05, 0) is 98.0 Å². The first-order valence-electron chi connectivity index (χ1n) is 13.2. The van der Waals surface area contributed by atoms with E-state index in [2.05, 4.69) is 48.5 Å². The lowest BCUT2D eigenvalue weighted by Gasteiger charge is -2.59. The van der Waals surface area contributed by atoms with Crippen molar-refractivity contribution in [3.63, 3.8) is 0 Å². The Hall–Kier alpha value is -0.920. The maximum Gasteiger partial charge on any atom is 0.159 e. The van der Waals surface area contributed by atoms with E-state index in [4.69, 9.17) is 0 Å². The van der Waals surface area contributed by atoms with Crippen molar-refractivity contribution >= 4 is 11.6 Å². The van der Waals surface area contributed by atoms with E-state index < -0.39 is 5.41 Å². The highest BCUT2D eigenvalue weighted by molar-refractivity contribution is 5.98. The van der Waals surface area contributed by atoms with Gasteiger partial charge in [0.15, 0.2) is 5.78 Å². The summed E-state index contributed by atoms with van der Waals surface area (Å²) in [4.78, 5) is 26.3. The van der Waals surface area contributed by atoms with E-state index in [1.165, 1.54) is 38.5 Å². The zero-order chi connectivity index (χ0) is 22.8. The van der Waals surface area contributed by atoms with Crippen LogP contribution in [0.4, 0.5) is 0 Å². The summed E-state index contributed by atoms with van der Waals surface area (Å²) in [7, 11) is 0. The molecule has 0 aliphatic heterocycles. The van der Waals surface area contributed by atoms with Crippen molar-refractivity contribution in [2.45, 2.75) is 106 Å². The van der Waals surface area contributed by atoms with Crippen LogP contribution < -0.4 is 0 Å². The van der Waals surface area contributed by atoms with Gasteiger partial charge in [-0.3, -0.25) is 9.59 Å². The van der Waals surface area contributed by atoms with E-state index in [0.29, 0.717) is 35.2 Å². The lowest BCUT2D eigenvalue weighted by molar-refractivity contribution is -0.140. The lowest BCUT2D eigenvalue weighted by atomic mass is 9.44. The van der Waals surface area contributed by atoms with Crippen LogP contribution in [-0.4, -0.2) is 11.6 Å². The van der Waals surface area contributed by atoms with Crippen molar-refractivity contribution in [3.05, 3.63) is 11.6 Å². The van der Waals surface area contributed by atoms with E-state index in [0.717, 1.165) is 36.2 Å². The van der Waals surface area contributed by atoms with Crippen LogP contribution >= 0.6 is 0 Å². The molecule has 0 spiro atoms. The number of ketones is 2. The van der Waals surface area contributed by atoms with Crippen molar-refractivity contribution in [1.29, 1.82) is 0 Å². The molecule has 0 bridgehead atoms. The topological polar surface area (TPSA) is 34.1 Å². The van der Waals surface area contributed by atoms with E-state index in [9.17, 15) is 9.59 Å². The summed E-state index contributed by atoms with van der Waals surface area (Å²) in [5.74, 6) is 4.14. The minimum Gasteiger partial charge on any atom is -0.299 e. The summed E-state index contributed by atoms with van der Waals surface area (Å²) < 4.78 is 0. The standard InChI is InChI=1S/C29H46O2/c1-18(2)9-8-10-19(3)20-11-12-21-26-22(13-15-28(20,21)6)29(7)16-14-25(31)27(4,5)24(29)17-23(26)30/h17-22,26H,8-16H2,1-7H3/t19-,20-,21+,22+,26+,28-,29-/m1/s1. The summed E-state index contributed by atoms with van der Waals surface area (Å²) >= 11 is 0. The second kappa shape index (κ2) is 7.84. The van der Waals surface area contributed by atoms with Crippen LogP contribution in [0, 0.1) is 51.8 Å². The molecule has 2 nitrogen and oxygen atoms in total. The molecule has 2 heteroatoms. The molecule has 0 unspecified atom stereocenters. The van der Waals surface area contributed by atoms with E-state index in [1.54, 1.807) is 0 Å². The minimum absolute atomic E-state index is 0.0261. The predicted octanol–water partition coefficient (Wildman–Crippen LogP) is 7.41. The van der Waals surface area contributed by atoms with Gasteiger partial charge >= 0.3 is 0 Å². The molecule has 0 aromatic rings. The third-order valence-corrected chi connectivity index (χ3v) is 10.8. The first-order chi connectivity index (χ1) is 14.4. The summed E-state index contributed by atoms with van der Waals surface area (Å²) in [5.41, 5.74) is 1.02. The Bertz CT molecular complexity index is 774. The molecule has 31 heavy (non-hydrogen) atoms. The van der Waals surface area contributed by atoms with E-state index in [1.807, 2.05) is 6.08 Å². The summed E-state index contributed by atoms with van der Waals surface area (Å²) in [6.45, 7) is 16.2. The number of Topliss-reactive ketones (excluding diaryl/α,β-unsaturated/α-hetero) is 1. The molecule has 4 rings (SSSR count). The van der Waals surface area contributed by atoms with Gasteiger partial charge in [0.25, 0.3) is 0 Å². The van der Waals surface area contributed by atoms with Crippen LogP contribution in [0.3, 0.4) is 0 Å². The van der Waals surface area contributed by atoms with Gasteiger partial charge in [-0.2, -0.15) is 0 Å². The Balaban J connectivity index is 1.60. The van der Waals surface area contributed by atoms with Crippen molar-refractivity contribution in [2.24, 2.45) is 51.8 Å². The number of hydrogen-bond acceptors (Lipinski definition) is 2. The quantitative estimate of drug-likeness (QED) is 0.458. The highest BCUT2D eigenvalue weighted by atomic mass is 16.1. The van der Waals surface area contributed by atoms with Gasteiger partial charge in [0.05, 0.1) is 0 Å². The van der Waals surface area contributed by atoms with Crippen LogP contribution in [-0.2, 0) is 9.59 Å². The van der Waals surface area contributed by atoms with Crippen LogP contribution in [0.25, 0.3) is 0 Å². The van der Waals surface area contributed by atoms with Crippen molar-refractivity contribution < 1.29 is 9.59 Å². The number of carbonyl (C=O) groups excluding carboxylic acids is 2. The molecule has 4 aliphatic rings. The van der Waals surface area contributed by atoms with Gasteiger partial charge in [-0.15, -0.1) is 0 Å². The van der Waals surface area contributed by atoms with Crippen LogP contribution in [0.1, 0.15) is 106 Å². The molecular formula is C29H46O2. The van der Waals surface area contributed by atoms with Crippen molar-refractivity contribution in [2.75, 3.05) is 0 Å². The molecule has 0 N–H and O–H groups in total. The van der Waals surface area contributed by atoms with E-state index in [-0.39, 0.29) is 11.3 Å². The highest BCUT2D eigenvalue weighted by Gasteiger charge is 2.63. The Morgan fingerprint density at radius 3 is 2.32 bits per heavy atom. The zero-order valence-corrected chi connectivity index (χ0v) is 21.2. The second-order valence-corrected chi connectivity index (χ2v) is 13.2. The molecule has 0 aromatic heterocycles. The Labute approximate surface area is 191 Å². The molecular weight excluding hydrogens is 380 g/mol. The van der Waals surface area contributed by atoms with E-state index >= 15 is 0 Å². The fourth-order valence-electron chi connectivity index (χ4n) is 8.93. The van der Waals surface area contributed by atoms with Crippen LogP contribution in [0.15, 0.2) is 11.6 Å². The van der Waals surface area contributed by atoms with Gasteiger partial charge in [-0.25, -0.2) is 0 Å². The smallest absolute Gasteiger partial charge is 0.159 e. The molecule has 3 fully saturated rings. The monoisotopic (exact) mass is 426 g/mol. The van der Waals surface area contributed by atoms with Gasteiger partial charge in [0.2, 0.25) is 0 Å². The third kappa shape index (κ3) is 3.50. The SMILES string of the molecule is CC(C)CCC[C@@H](C)[C@H]1CC[C@H]2[C@@H]3C(=O)C=C4C(C)(C)C(=O)CC[C@]4(C)[C@H]3CC[C@]12C. The molecule has 3 saturated carbocycles. The molecule has 174 valence electrons. The molecule has 0 radical (unpaired) electrons. The minimum atomic E-state index is -0.475. The van der Waals surface area contributed by atoms with Crippen molar-refractivity contribution in [1.82, 2.24) is 0 Å². The molecule has 0 amide bonds. The Kier molecular flexibility index (Phi) is 5.88. The second-order valence-electron chi connectivity index (χ2n) is 13.2. The van der Waals surface area contributed by atoms with Gasteiger partial charge in [-0.1, -0.05) is 53.9 Å². The first-order valence-corrected chi connectivity index (χ1v) is 13.2. The molecule has 0 heterocycles. The summed E-state index contributed by atoms with van der Waals surface area (Å²) in [6, 6.07) is 0. The number of carbonyl (C=O) groups is 2. The maximum atomic E-state index is 13.6. The van der Waals surface area contributed by atoms with Crippen LogP contribution in [0.2, 0.25) is 0 Å². The fraction of sp³-hybridized carbons (Fsp3) is 0.862. The maximum absolute atomic E-state index is 13.6. The highest BCUT2D eigenvalue weighted by Crippen LogP contribution is 2.68. The normalized spacial score (nSPS) is 42.6.